The number of nitrogens with one attached hydrogen (secondary N) is 1. The third-order valence-electron chi connectivity index (χ3n) is 3.20. The summed E-state index contributed by atoms with van der Waals surface area (Å²) >= 11 is 6.10. The molecule has 2 N–H and O–H groups in total. The van der Waals surface area contributed by atoms with Crippen LogP contribution in [0.2, 0.25) is 5.02 Å². The summed E-state index contributed by atoms with van der Waals surface area (Å²) < 4.78 is 1.37. The van der Waals surface area contributed by atoms with Gasteiger partial charge in [0.15, 0.2) is 0 Å². The second-order valence-electron chi connectivity index (χ2n) is 6.06. The Morgan fingerprint density at radius 3 is 2.70 bits per heavy atom. The van der Waals surface area contributed by atoms with E-state index < -0.39 is 0 Å². The molecule has 1 aromatic rings. The summed E-state index contributed by atoms with van der Waals surface area (Å²) in [6.45, 7) is 8.83. The fraction of sp³-hybridized carbons (Fsp3) is 0.714. The van der Waals surface area contributed by atoms with E-state index >= 15 is 0 Å². The molecule has 0 amide bonds. The van der Waals surface area contributed by atoms with Crippen molar-refractivity contribution in [3.63, 3.8) is 0 Å². The van der Waals surface area contributed by atoms with Gasteiger partial charge in [0.25, 0.3) is 5.56 Å². The van der Waals surface area contributed by atoms with Gasteiger partial charge in [-0.05, 0) is 32.1 Å². The van der Waals surface area contributed by atoms with E-state index in [1.807, 2.05) is 13.8 Å². The molecular formula is C14H24ClN3O2. The smallest absolute Gasteiger partial charge is 0.287 e. The van der Waals surface area contributed by atoms with Crippen molar-refractivity contribution in [1.82, 2.24) is 9.78 Å². The van der Waals surface area contributed by atoms with Crippen LogP contribution < -0.4 is 10.9 Å². The number of halogens is 1. The maximum absolute atomic E-state index is 12.0. The van der Waals surface area contributed by atoms with Gasteiger partial charge in [0, 0.05) is 13.2 Å². The molecule has 0 aliphatic rings. The van der Waals surface area contributed by atoms with Crippen LogP contribution in [-0.2, 0) is 0 Å². The number of anilines is 1. The number of aromatic nitrogens is 2. The van der Waals surface area contributed by atoms with Crippen molar-refractivity contribution in [1.29, 1.82) is 0 Å². The highest BCUT2D eigenvalue weighted by Crippen LogP contribution is 2.24. The van der Waals surface area contributed by atoms with E-state index in [2.05, 4.69) is 24.3 Å². The summed E-state index contributed by atoms with van der Waals surface area (Å²) in [7, 11) is 0. The molecule has 0 spiro atoms. The molecule has 0 radical (unpaired) electrons. The Hall–Kier alpha value is -1.07. The summed E-state index contributed by atoms with van der Waals surface area (Å²) in [4.78, 5) is 12.0. The van der Waals surface area contributed by atoms with Gasteiger partial charge in [-0.3, -0.25) is 4.79 Å². The van der Waals surface area contributed by atoms with Gasteiger partial charge in [0.2, 0.25) is 0 Å². The Balaban J connectivity index is 2.80. The zero-order valence-corrected chi connectivity index (χ0v) is 13.4. The van der Waals surface area contributed by atoms with Gasteiger partial charge in [-0.2, -0.15) is 5.10 Å². The molecule has 0 bridgehead atoms. The molecule has 20 heavy (non-hydrogen) atoms. The third-order valence-corrected chi connectivity index (χ3v) is 3.57. The molecule has 1 heterocycles. The normalized spacial score (nSPS) is 11.9. The van der Waals surface area contributed by atoms with Crippen LogP contribution in [0.5, 0.6) is 0 Å². The largest absolute Gasteiger partial charge is 0.396 e. The van der Waals surface area contributed by atoms with E-state index in [1.54, 1.807) is 6.20 Å². The van der Waals surface area contributed by atoms with Crippen molar-refractivity contribution in [2.24, 2.45) is 5.41 Å². The maximum atomic E-state index is 12.0. The molecule has 0 aliphatic carbocycles. The number of nitrogens with zero attached hydrogens (tertiary/aromatic N) is 2. The van der Waals surface area contributed by atoms with Crippen LogP contribution in [0.15, 0.2) is 11.0 Å². The summed E-state index contributed by atoms with van der Waals surface area (Å²) in [5, 5.41) is 16.4. The van der Waals surface area contributed by atoms with Crippen LogP contribution >= 0.6 is 11.6 Å². The lowest BCUT2D eigenvalue weighted by Gasteiger charge is -2.25. The molecule has 0 atom stereocenters. The lowest BCUT2D eigenvalue weighted by atomic mass is 9.88. The minimum Gasteiger partial charge on any atom is -0.396 e. The van der Waals surface area contributed by atoms with E-state index in [0.29, 0.717) is 12.2 Å². The average molecular weight is 302 g/mol. The van der Waals surface area contributed by atoms with Crippen LogP contribution in [0.1, 0.15) is 46.6 Å². The van der Waals surface area contributed by atoms with Crippen molar-refractivity contribution in [3.8, 4) is 0 Å². The standard InChI is InChI=1S/C14H24ClN3O2/c1-10(2)18-13(20)12(15)11(8-17-18)16-9-14(3,4)6-5-7-19/h8,10,16,19H,5-7,9H2,1-4H3. The number of hydrogen-bond acceptors (Lipinski definition) is 4. The highest BCUT2D eigenvalue weighted by molar-refractivity contribution is 6.32. The summed E-state index contributed by atoms with van der Waals surface area (Å²) in [5.74, 6) is 0. The average Bonchev–Trinajstić information content (AvgIpc) is 2.38. The first-order chi connectivity index (χ1) is 9.28. The first kappa shape index (κ1) is 17.0. The fourth-order valence-electron chi connectivity index (χ4n) is 1.92. The molecule has 1 aromatic heterocycles. The lowest BCUT2D eigenvalue weighted by Crippen LogP contribution is -2.28. The highest BCUT2D eigenvalue weighted by atomic mass is 35.5. The summed E-state index contributed by atoms with van der Waals surface area (Å²) in [5.41, 5.74) is 0.296. The van der Waals surface area contributed by atoms with Crippen LogP contribution in [0.4, 0.5) is 5.69 Å². The first-order valence-electron chi connectivity index (χ1n) is 6.90. The molecule has 0 fully saturated rings. The monoisotopic (exact) mass is 301 g/mol. The predicted octanol–water partition coefficient (Wildman–Crippen LogP) is 2.69. The topological polar surface area (TPSA) is 67.2 Å². The predicted molar refractivity (Wildman–Crippen MR) is 82.5 cm³/mol. The fourth-order valence-corrected chi connectivity index (χ4v) is 2.12. The van der Waals surface area contributed by atoms with Gasteiger partial charge >= 0.3 is 0 Å². The number of rotatable bonds is 7. The second-order valence-corrected chi connectivity index (χ2v) is 6.44. The molecular weight excluding hydrogens is 278 g/mol. The Kier molecular flexibility index (Phi) is 6.02. The quantitative estimate of drug-likeness (QED) is 0.812. The molecule has 0 saturated heterocycles. The SMILES string of the molecule is CC(C)n1ncc(NCC(C)(C)CCCO)c(Cl)c1=O. The van der Waals surface area contributed by atoms with Gasteiger partial charge in [-0.1, -0.05) is 25.4 Å². The van der Waals surface area contributed by atoms with Crippen LogP contribution in [0.25, 0.3) is 0 Å². The van der Waals surface area contributed by atoms with Crippen LogP contribution in [-0.4, -0.2) is 28.0 Å². The molecule has 6 heteroatoms. The maximum Gasteiger partial charge on any atom is 0.287 e. The molecule has 1 rings (SSSR count). The van der Waals surface area contributed by atoms with Crippen LogP contribution in [0.3, 0.4) is 0 Å². The van der Waals surface area contributed by atoms with E-state index in [1.165, 1.54) is 4.68 Å². The van der Waals surface area contributed by atoms with Crippen molar-refractivity contribution < 1.29 is 5.11 Å². The van der Waals surface area contributed by atoms with E-state index in [4.69, 9.17) is 16.7 Å². The molecule has 0 unspecified atom stereocenters. The Labute approximate surface area is 125 Å². The van der Waals surface area contributed by atoms with E-state index in [0.717, 1.165) is 12.8 Å². The highest BCUT2D eigenvalue weighted by Gasteiger charge is 2.18. The third kappa shape index (κ3) is 4.49. The number of aliphatic hydroxyl groups excluding tert-OH is 1. The minimum absolute atomic E-state index is 0.0129. The summed E-state index contributed by atoms with van der Waals surface area (Å²) in [6, 6.07) is -0.0185. The van der Waals surface area contributed by atoms with Crippen LogP contribution in [0, 0.1) is 5.41 Å². The molecule has 0 aliphatic heterocycles. The number of aliphatic hydroxyl groups is 1. The zero-order chi connectivity index (χ0) is 15.3. The van der Waals surface area contributed by atoms with E-state index in [-0.39, 0.29) is 28.6 Å². The molecule has 5 nitrogen and oxygen atoms in total. The second kappa shape index (κ2) is 7.09. The van der Waals surface area contributed by atoms with Gasteiger partial charge in [0.1, 0.15) is 5.02 Å². The van der Waals surface area contributed by atoms with Crippen molar-refractivity contribution in [2.75, 3.05) is 18.5 Å². The molecule has 0 saturated carbocycles. The Morgan fingerprint density at radius 1 is 1.50 bits per heavy atom. The van der Waals surface area contributed by atoms with Gasteiger partial charge in [-0.25, -0.2) is 4.68 Å². The minimum atomic E-state index is -0.278. The first-order valence-corrected chi connectivity index (χ1v) is 7.28. The van der Waals surface area contributed by atoms with Crippen molar-refractivity contribution >= 4 is 17.3 Å². The molecule has 0 aromatic carbocycles. The van der Waals surface area contributed by atoms with Crippen molar-refractivity contribution in [2.45, 2.75) is 46.6 Å². The number of hydrogen-bond donors (Lipinski definition) is 2. The van der Waals surface area contributed by atoms with E-state index in [9.17, 15) is 4.79 Å². The Morgan fingerprint density at radius 2 is 2.15 bits per heavy atom. The van der Waals surface area contributed by atoms with Gasteiger partial charge in [-0.15, -0.1) is 0 Å². The van der Waals surface area contributed by atoms with Crippen molar-refractivity contribution in [3.05, 3.63) is 21.6 Å². The Bertz CT molecular complexity index is 498. The lowest BCUT2D eigenvalue weighted by molar-refractivity contribution is 0.248. The zero-order valence-electron chi connectivity index (χ0n) is 12.6. The van der Waals surface area contributed by atoms with Gasteiger partial charge < -0.3 is 10.4 Å². The summed E-state index contributed by atoms with van der Waals surface area (Å²) in [6.07, 6.45) is 3.24. The molecule has 114 valence electrons. The van der Waals surface area contributed by atoms with Gasteiger partial charge in [0.05, 0.1) is 17.9 Å².